The number of nitrogens with two attached hydrogens (primary N) is 2. The number of thiophene rings is 1. The molecule has 0 bridgehead atoms. The fourth-order valence-corrected chi connectivity index (χ4v) is 4.29. The molecule has 1 aromatic carbocycles. The molecule has 9 nitrogen and oxygen atoms in total. The number of benzene rings is 1. The van der Waals surface area contributed by atoms with Crippen molar-refractivity contribution in [2.24, 2.45) is 0 Å². The van der Waals surface area contributed by atoms with E-state index in [1.165, 1.54) is 6.26 Å². The molecule has 5 rings (SSSR count). The number of nitrogen functional groups attached to an aromatic ring is 2. The molecule has 3 aromatic heterocycles. The normalized spacial score (nSPS) is 12.1. The molecule has 0 unspecified atom stereocenters. The molecule has 0 atom stereocenters. The van der Waals surface area contributed by atoms with Gasteiger partial charge in [-0.1, -0.05) is 0 Å². The number of nitriles is 1. The van der Waals surface area contributed by atoms with Gasteiger partial charge in [-0.2, -0.15) is 5.26 Å². The van der Waals surface area contributed by atoms with E-state index >= 15 is 0 Å². The van der Waals surface area contributed by atoms with E-state index < -0.39 is 5.91 Å². The van der Waals surface area contributed by atoms with E-state index in [-0.39, 0.29) is 28.7 Å². The number of hydrogen-bond acceptors (Lipinski definition) is 9. The average molecular weight is 419 g/mol. The SMILES string of the molecule is N#Cc1c(N)nc2sc(C(=O)Nc3ccc4c(c3)OCO4)c(N)c2c1-c1ccco1. The first-order valence-corrected chi connectivity index (χ1v) is 9.55. The van der Waals surface area contributed by atoms with E-state index in [1.807, 2.05) is 6.07 Å². The minimum atomic E-state index is -0.420. The summed E-state index contributed by atoms with van der Waals surface area (Å²) in [5, 5.41) is 12.8. The van der Waals surface area contributed by atoms with Crippen molar-refractivity contribution in [2.45, 2.75) is 0 Å². The van der Waals surface area contributed by atoms with Crippen molar-refractivity contribution >= 4 is 44.7 Å². The van der Waals surface area contributed by atoms with Crippen LogP contribution in [0.3, 0.4) is 0 Å². The van der Waals surface area contributed by atoms with Crippen molar-refractivity contribution in [3.63, 3.8) is 0 Å². The van der Waals surface area contributed by atoms with Gasteiger partial charge in [0.05, 0.1) is 17.5 Å². The van der Waals surface area contributed by atoms with Crippen LogP contribution in [0.2, 0.25) is 0 Å². The molecule has 0 radical (unpaired) electrons. The van der Waals surface area contributed by atoms with Crippen molar-refractivity contribution in [3.05, 3.63) is 47.0 Å². The van der Waals surface area contributed by atoms with Gasteiger partial charge >= 0.3 is 0 Å². The van der Waals surface area contributed by atoms with E-state index in [1.54, 1.807) is 30.3 Å². The van der Waals surface area contributed by atoms with Crippen molar-refractivity contribution in [3.8, 4) is 28.9 Å². The maximum Gasteiger partial charge on any atom is 0.267 e. The number of furan rings is 1. The van der Waals surface area contributed by atoms with Gasteiger partial charge in [0.1, 0.15) is 32.9 Å². The summed E-state index contributed by atoms with van der Waals surface area (Å²) in [5.74, 6) is 1.20. The first-order valence-electron chi connectivity index (χ1n) is 8.73. The number of pyridine rings is 1. The molecule has 0 spiro atoms. The summed E-state index contributed by atoms with van der Waals surface area (Å²) in [4.78, 5) is 17.9. The van der Waals surface area contributed by atoms with Crippen molar-refractivity contribution in [1.82, 2.24) is 4.98 Å². The third-order valence-corrected chi connectivity index (χ3v) is 5.72. The topological polar surface area (TPSA) is 149 Å². The van der Waals surface area contributed by atoms with Crippen LogP contribution in [0, 0.1) is 11.3 Å². The Kier molecular flexibility index (Phi) is 3.97. The minimum absolute atomic E-state index is 0.0420. The molecule has 1 aliphatic heterocycles. The summed E-state index contributed by atoms with van der Waals surface area (Å²) in [6.07, 6.45) is 1.48. The highest BCUT2D eigenvalue weighted by Gasteiger charge is 2.25. The molecule has 30 heavy (non-hydrogen) atoms. The maximum absolute atomic E-state index is 12.9. The largest absolute Gasteiger partial charge is 0.464 e. The highest BCUT2D eigenvalue weighted by Crippen LogP contribution is 2.43. The Labute approximate surface area is 173 Å². The minimum Gasteiger partial charge on any atom is -0.464 e. The second-order valence-corrected chi connectivity index (χ2v) is 7.38. The first kappa shape index (κ1) is 17.8. The number of nitrogens with one attached hydrogen (secondary N) is 1. The molecule has 0 aliphatic carbocycles. The third-order valence-electron chi connectivity index (χ3n) is 4.62. The molecule has 5 N–H and O–H groups in total. The van der Waals surface area contributed by atoms with E-state index in [4.69, 9.17) is 25.4 Å². The Bertz CT molecular complexity index is 1350. The van der Waals surface area contributed by atoms with Gasteiger partial charge in [0, 0.05) is 17.1 Å². The fraction of sp³-hybridized carbons (Fsp3) is 0.0500. The zero-order valence-electron chi connectivity index (χ0n) is 15.3. The smallest absolute Gasteiger partial charge is 0.267 e. The van der Waals surface area contributed by atoms with Gasteiger partial charge in [-0.3, -0.25) is 4.79 Å². The van der Waals surface area contributed by atoms with E-state index in [0.717, 1.165) is 11.3 Å². The molecule has 0 fully saturated rings. The predicted octanol–water partition coefficient (Wildman–Crippen LogP) is 3.57. The number of ether oxygens (including phenoxy) is 2. The Morgan fingerprint density at radius 1 is 1.23 bits per heavy atom. The van der Waals surface area contributed by atoms with Gasteiger partial charge in [-0.25, -0.2) is 4.98 Å². The Balaban J connectivity index is 1.61. The van der Waals surface area contributed by atoms with Crippen LogP contribution in [0.4, 0.5) is 17.2 Å². The van der Waals surface area contributed by atoms with Gasteiger partial charge in [0.15, 0.2) is 11.5 Å². The number of rotatable bonds is 3. The summed E-state index contributed by atoms with van der Waals surface area (Å²) in [7, 11) is 0. The maximum atomic E-state index is 12.9. The molecule has 1 aliphatic rings. The van der Waals surface area contributed by atoms with Crippen LogP contribution in [0.1, 0.15) is 15.2 Å². The second-order valence-electron chi connectivity index (χ2n) is 6.38. The zero-order chi connectivity index (χ0) is 20.8. The number of anilines is 3. The van der Waals surface area contributed by atoms with Gasteiger partial charge in [0.2, 0.25) is 6.79 Å². The van der Waals surface area contributed by atoms with Crippen LogP contribution in [0.15, 0.2) is 41.0 Å². The number of nitrogens with zero attached hydrogens (tertiary/aromatic N) is 2. The molecular weight excluding hydrogens is 406 g/mol. The Morgan fingerprint density at radius 2 is 2.07 bits per heavy atom. The van der Waals surface area contributed by atoms with Crippen LogP contribution in [-0.4, -0.2) is 17.7 Å². The molecule has 4 aromatic rings. The number of aromatic nitrogens is 1. The molecule has 1 amide bonds. The van der Waals surface area contributed by atoms with Crippen molar-refractivity contribution in [1.29, 1.82) is 5.26 Å². The van der Waals surface area contributed by atoms with Gasteiger partial charge in [0.25, 0.3) is 5.91 Å². The number of hydrogen-bond donors (Lipinski definition) is 3. The molecule has 4 heterocycles. The van der Waals surface area contributed by atoms with Gasteiger partial charge < -0.3 is 30.7 Å². The number of amides is 1. The predicted molar refractivity (Wildman–Crippen MR) is 111 cm³/mol. The molecule has 0 saturated carbocycles. The van der Waals surface area contributed by atoms with Crippen LogP contribution >= 0.6 is 11.3 Å². The van der Waals surface area contributed by atoms with Crippen molar-refractivity contribution < 1.29 is 18.7 Å². The Hall–Kier alpha value is -4.23. The average Bonchev–Trinajstić information content (AvgIpc) is 3.47. The summed E-state index contributed by atoms with van der Waals surface area (Å²) in [6, 6.07) is 10.5. The summed E-state index contributed by atoms with van der Waals surface area (Å²) in [6.45, 7) is 0.139. The summed E-state index contributed by atoms with van der Waals surface area (Å²) < 4.78 is 16.1. The molecule has 148 valence electrons. The standard InChI is InChI=1S/C20H13N5O4S/c21-7-10-14(12-2-1-5-27-12)15-16(22)17(30-20(15)25-18(10)23)19(26)24-9-3-4-11-13(6-9)29-8-28-11/h1-6H,8,22H2,(H2,23,25)(H,24,26). The first-order chi connectivity index (χ1) is 14.6. The van der Waals surface area contributed by atoms with Crippen LogP contribution in [-0.2, 0) is 0 Å². The lowest BCUT2D eigenvalue weighted by Gasteiger charge is -2.07. The van der Waals surface area contributed by atoms with E-state index in [9.17, 15) is 10.1 Å². The third kappa shape index (κ3) is 2.68. The fourth-order valence-electron chi connectivity index (χ4n) is 3.28. The summed E-state index contributed by atoms with van der Waals surface area (Å²) in [5.41, 5.74) is 13.6. The highest BCUT2D eigenvalue weighted by atomic mass is 32.1. The molecular formula is C20H13N5O4S. The summed E-state index contributed by atoms with van der Waals surface area (Å²) >= 11 is 1.09. The van der Waals surface area contributed by atoms with Crippen LogP contribution in [0.5, 0.6) is 11.5 Å². The monoisotopic (exact) mass is 419 g/mol. The molecule has 10 heteroatoms. The number of carbonyl (C=O) groups excluding carboxylic acids is 1. The van der Waals surface area contributed by atoms with E-state index in [2.05, 4.69) is 10.3 Å². The lowest BCUT2D eigenvalue weighted by atomic mass is 10.0. The quantitative estimate of drug-likeness (QED) is 0.456. The Morgan fingerprint density at radius 3 is 2.83 bits per heavy atom. The van der Waals surface area contributed by atoms with Gasteiger partial charge in [-0.15, -0.1) is 11.3 Å². The highest BCUT2D eigenvalue weighted by molar-refractivity contribution is 7.21. The number of carbonyl (C=O) groups is 1. The van der Waals surface area contributed by atoms with E-state index in [0.29, 0.717) is 38.7 Å². The number of fused-ring (bicyclic) bond motifs is 2. The van der Waals surface area contributed by atoms with Crippen LogP contribution < -0.4 is 26.3 Å². The van der Waals surface area contributed by atoms with Gasteiger partial charge in [-0.05, 0) is 24.3 Å². The van der Waals surface area contributed by atoms with Crippen molar-refractivity contribution in [2.75, 3.05) is 23.6 Å². The lowest BCUT2D eigenvalue weighted by molar-refractivity contribution is 0.103. The van der Waals surface area contributed by atoms with Crippen LogP contribution in [0.25, 0.3) is 21.5 Å². The molecule has 0 saturated heterocycles. The second kappa shape index (κ2) is 6.68. The lowest BCUT2D eigenvalue weighted by Crippen LogP contribution is -2.12. The zero-order valence-corrected chi connectivity index (χ0v) is 16.1.